The molecule has 0 aliphatic heterocycles. The number of amides is 1. The monoisotopic (exact) mass is 490 g/mol. The van der Waals surface area contributed by atoms with E-state index < -0.39 is 34.3 Å². The summed E-state index contributed by atoms with van der Waals surface area (Å²) in [5, 5.41) is 6.61. The summed E-state index contributed by atoms with van der Waals surface area (Å²) in [6.07, 6.45) is 2.24. The van der Waals surface area contributed by atoms with E-state index in [1.54, 1.807) is 6.20 Å². The lowest BCUT2D eigenvalue weighted by atomic mass is 9.83. The van der Waals surface area contributed by atoms with E-state index in [0.717, 1.165) is 42.1 Å². The van der Waals surface area contributed by atoms with Crippen LogP contribution in [0.2, 0.25) is 5.02 Å². The van der Waals surface area contributed by atoms with Crippen LogP contribution in [-0.2, 0) is 12.7 Å². The van der Waals surface area contributed by atoms with Crippen molar-refractivity contribution in [3.8, 4) is 11.1 Å². The normalized spacial score (nSPS) is 16.4. The van der Waals surface area contributed by atoms with Crippen molar-refractivity contribution in [1.82, 2.24) is 15.1 Å². The Hall–Kier alpha value is -2.84. The van der Waals surface area contributed by atoms with Crippen LogP contribution in [0.3, 0.4) is 0 Å². The van der Waals surface area contributed by atoms with Gasteiger partial charge in [-0.2, -0.15) is 18.3 Å². The quantitative estimate of drug-likeness (QED) is 0.446. The number of carbonyl (C=O) groups excluding carboxylic acids is 1. The van der Waals surface area contributed by atoms with Crippen molar-refractivity contribution < 1.29 is 18.0 Å². The fourth-order valence-electron chi connectivity index (χ4n) is 4.60. The summed E-state index contributed by atoms with van der Waals surface area (Å²) in [6, 6.07) is 10.4. The summed E-state index contributed by atoms with van der Waals surface area (Å²) in [5.41, 5.74) is 7.38. The Balaban J connectivity index is 1.70. The third-order valence-corrected chi connectivity index (χ3v) is 6.85. The molecule has 1 atom stereocenters. The zero-order chi connectivity index (χ0) is 24.5. The van der Waals surface area contributed by atoms with E-state index in [-0.39, 0.29) is 5.56 Å². The molecule has 1 aliphatic rings. The van der Waals surface area contributed by atoms with Crippen molar-refractivity contribution in [1.29, 1.82) is 0 Å². The molecule has 4 rings (SSSR count). The maximum Gasteiger partial charge on any atom is 0.417 e. The largest absolute Gasteiger partial charge is 0.417 e. The zero-order valence-electron chi connectivity index (χ0n) is 18.7. The molecule has 0 saturated heterocycles. The van der Waals surface area contributed by atoms with Gasteiger partial charge in [-0.15, -0.1) is 0 Å². The van der Waals surface area contributed by atoms with Crippen molar-refractivity contribution in [3.05, 3.63) is 76.6 Å². The molecule has 1 aliphatic carbocycles. The van der Waals surface area contributed by atoms with Crippen LogP contribution in [0, 0.1) is 0 Å². The molecule has 1 saturated carbocycles. The van der Waals surface area contributed by atoms with Crippen molar-refractivity contribution in [2.24, 2.45) is 5.73 Å². The number of rotatable bonds is 6. The van der Waals surface area contributed by atoms with Gasteiger partial charge in [-0.05, 0) is 49.1 Å². The summed E-state index contributed by atoms with van der Waals surface area (Å²) in [4.78, 5) is 13.2. The first-order valence-electron chi connectivity index (χ1n) is 11.2. The van der Waals surface area contributed by atoms with Gasteiger partial charge in [-0.1, -0.05) is 48.7 Å². The second kappa shape index (κ2) is 9.43. The number of nitrogens with two attached hydrogens (primary N) is 1. The highest BCUT2D eigenvalue weighted by molar-refractivity contribution is 6.34. The molecule has 1 amide bonds. The fourth-order valence-corrected chi connectivity index (χ4v) is 4.92. The van der Waals surface area contributed by atoms with E-state index in [0.29, 0.717) is 12.8 Å². The summed E-state index contributed by atoms with van der Waals surface area (Å²) < 4.78 is 41.8. The Bertz CT molecular complexity index is 1180. The van der Waals surface area contributed by atoms with Crippen molar-refractivity contribution in [3.63, 3.8) is 0 Å². The fraction of sp³-hybridized carbons (Fsp3) is 0.360. The summed E-state index contributed by atoms with van der Waals surface area (Å²) >= 11 is 6.01. The minimum absolute atomic E-state index is 0.233. The molecule has 34 heavy (non-hydrogen) atoms. The number of aryl methyl sites for hydroxylation is 1. The summed E-state index contributed by atoms with van der Waals surface area (Å²) in [6.45, 7) is 2.73. The maximum absolute atomic E-state index is 13.3. The molecule has 1 heterocycles. The van der Waals surface area contributed by atoms with E-state index in [2.05, 4.69) is 10.4 Å². The second-order valence-corrected chi connectivity index (χ2v) is 9.10. The lowest BCUT2D eigenvalue weighted by molar-refractivity contribution is -0.137. The lowest BCUT2D eigenvalue weighted by Gasteiger charge is -2.35. The van der Waals surface area contributed by atoms with Crippen LogP contribution in [0.4, 0.5) is 13.2 Å². The van der Waals surface area contributed by atoms with Gasteiger partial charge in [0.1, 0.15) is 0 Å². The van der Waals surface area contributed by atoms with Gasteiger partial charge < -0.3 is 11.1 Å². The predicted molar refractivity (Wildman–Crippen MR) is 125 cm³/mol. The highest BCUT2D eigenvalue weighted by Gasteiger charge is 2.40. The molecule has 5 nitrogen and oxygen atoms in total. The van der Waals surface area contributed by atoms with Gasteiger partial charge in [-0.25, -0.2) is 0 Å². The molecule has 0 radical (unpaired) electrons. The SMILES string of the molecule is CCn1cc(-c2cccc(C(NC(=O)c3cccc(C(F)(F)F)c3Cl)C3(N)CCCC3)c2)cn1. The molecule has 1 fully saturated rings. The van der Waals surface area contributed by atoms with Gasteiger partial charge in [0.15, 0.2) is 0 Å². The predicted octanol–water partition coefficient (Wildman–Crippen LogP) is 5.98. The number of carbonyl (C=O) groups is 1. The first kappa shape index (κ1) is 24.3. The molecule has 2 aromatic carbocycles. The molecule has 0 spiro atoms. The van der Waals surface area contributed by atoms with Gasteiger partial charge >= 0.3 is 6.18 Å². The molecule has 3 aromatic rings. The first-order valence-corrected chi connectivity index (χ1v) is 11.6. The van der Waals surface area contributed by atoms with Crippen LogP contribution in [-0.4, -0.2) is 21.2 Å². The van der Waals surface area contributed by atoms with Gasteiger partial charge in [0.2, 0.25) is 0 Å². The molecular weight excluding hydrogens is 465 g/mol. The Kier molecular flexibility index (Phi) is 6.73. The number of nitrogens with zero attached hydrogens (tertiary/aromatic N) is 2. The van der Waals surface area contributed by atoms with Crippen molar-refractivity contribution in [2.75, 3.05) is 0 Å². The van der Waals surface area contributed by atoms with E-state index >= 15 is 0 Å². The van der Waals surface area contributed by atoms with Crippen molar-refractivity contribution >= 4 is 17.5 Å². The second-order valence-electron chi connectivity index (χ2n) is 8.72. The molecule has 3 N–H and O–H groups in total. The number of hydrogen-bond donors (Lipinski definition) is 2. The Morgan fingerprint density at radius 2 is 1.91 bits per heavy atom. The molecule has 1 aromatic heterocycles. The molecule has 0 bridgehead atoms. The van der Waals surface area contributed by atoms with E-state index in [9.17, 15) is 18.0 Å². The van der Waals surface area contributed by atoms with Gasteiger partial charge in [0.05, 0.1) is 28.4 Å². The topological polar surface area (TPSA) is 72.9 Å². The third-order valence-electron chi connectivity index (χ3n) is 6.44. The third kappa shape index (κ3) is 4.83. The summed E-state index contributed by atoms with van der Waals surface area (Å²) in [5.74, 6) is -0.693. The van der Waals surface area contributed by atoms with Gasteiger partial charge in [-0.3, -0.25) is 9.48 Å². The zero-order valence-corrected chi connectivity index (χ0v) is 19.5. The number of aromatic nitrogens is 2. The average molecular weight is 491 g/mol. The number of hydrogen-bond acceptors (Lipinski definition) is 3. The standard InChI is InChI=1S/C25H26ClF3N4O/c1-2-33-15-18(14-31-33)16-7-5-8-17(13-16)22(24(30)11-3-4-12-24)32-23(34)19-9-6-10-20(21(19)26)25(27,28)29/h5-10,13-15,22H,2-4,11-12,30H2,1H3,(H,32,34). The smallest absolute Gasteiger partial charge is 0.343 e. The van der Waals surface area contributed by atoms with Crippen LogP contribution in [0.25, 0.3) is 11.1 Å². The van der Waals surface area contributed by atoms with E-state index in [4.69, 9.17) is 17.3 Å². The lowest BCUT2D eigenvalue weighted by Crippen LogP contribution is -2.50. The minimum Gasteiger partial charge on any atom is -0.343 e. The van der Waals surface area contributed by atoms with Gasteiger partial charge in [0, 0.05) is 23.8 Å². The van der Waals surface area contributed by atoms with E-state index in [1.165, 1.54) is 12.1 Å². The van der Waals surface area contributed by atoms with Crippen molar-refractivity contribution in [2.45, 2.75) is 56.9 Å². The number of benzene rings is 2. The molecule has 9 heteroatoms. The number of alkyl halides is 3. The molecule has 180 valence electrons. The minimum atomic E-state index is -4.66. The maximum atomic E-state index is 13.3. The van der Waals surface area contributed by atoms with Crippen LogP contribution >= 0.6 is 11.6 Å². The Morgan fingerprint density at radius 3 is 2.56 bits per heavy atom. The highest BCUT2D eigenvalue weighted by atomic mass is 35.5. The Labute approximate surface area is 201 Å². The average Bonchev–Trinajstić information content (AvgIpc) is 3.46. The van der Waals surface area contributed by atoms with E-state index in [1.807, 2.05) is 42.1 Å². The first-order chi connectivity index (χ1) is 16.1. The molecular formula is C25H26ClF3N4O. The van der Waals surface area contributed by atoms with Crippen LogP contribution in [0.1, 0.15) is 60.1 Å². The van der Waals surface area contributed by atoms with Crippen LogP contribution in [0.5, 0.6) is 0 Å². The molecule has 1 unspecified atom stereocenters. The number of nitrogens with one attached hydrogen (secondary N) is 1. The van der Waals surface area contributed by atoms with Crippen LogP contribution in [0.15, 0.2) is 54.9 Å². The van der Waals surface area contributed by atoms with Gasteiger partial charge in [0.25, 0.3) is 5.91 Å². The van der Waals surface area contributed by atoms with Crippen LogP contribution < -0.4 is 11.1 Å². The Morgan fingerprint density at radius 1 is 1.21 bits per heavy atom. The number of halogens is 4. The summed E-state index contributed by atoms with van der Waals surface area (Å²) in [7, 11) is 0. The highest BCUT2D eigenvalue weighted by Crippen LogP contribution is 2.40.